The molecule has 0 radical (unpaired) electrons. The molecule has 1 aromatic carbocycles. The molecule has 0 atom stereocenters. The van der Waals surface area contributed by atoms with Crippen molar-refractivity contribution in [2.45, 2.75) is 13.5 Å². The molecule has 0 bridgehead atoms. The Labute approximate surface area is 115 Å². The average molecular weight is 270 g/mol. The quantitative estimate of drug-likeness (QED) is 0.788. The zero-order valence-electron chi connectivity index (χ0n) is 11.2. The van der Waals surface area contributed by atoms with Crippen molar-refractivity contribution in [1.29, 1.82) is 0 Å². The van der Waals surface area contributed by atoms with Gasteiger partial charge in [-0.15, -0.1) is 0 Å². The van der Waals surface area contributed by atoms with E-state index in [1.165, 1.54) is 0 Å². The van der Waals surface area contributed by atoms with Gasteiger partial charge in [0.05, 0.1) is 35.2 Å². The fourth-order valence-electron chi connectivity index (χ4n) is 2.31. The molecule has 102 valence electrons. The molecule has 0 spiro atoms. The number of nitrogens with zero attached hydrogens (tertiary/aromatic N) is 4. The minimum absolute atomic E-state index is 0.250. The van der Waals surface area contributed by atoms with E-state index in [4.69, 9.17) is 5.11 Å². The van der Waals surface area contributed by atoms with E-state index in [-0.39, 0.29) is 5.56 Å². The number of carboxylic acids is 1. The lowest BCUT2D eigenvalue weighted by atomic mass is 10.2. The molecule has 0 fully saturated rings. The summed E-state index contributed by atoms with van der Waals surface area (Å²) >= 11 is 0. The lowest BCUT2D eigenvalue weighted by molar-refractivity contribution is 0.0697. The van der Waals surface area contributed by atoms with E-state index in [1.807, 2.05) is 24.7 Å². The van der Waals surface area contributed by atoms with E-state index < -0.39 is 5.97 Å². The molecule has 0 aliphatic rings. The first-order chi connectivity index (χ1) is 9.54. The van der Waals surface area contributed by atoms with Gasteiger partial charge in [-0.2, -0.15) is 5.10 Å². The minimum atomic E-state index is -0.940. The van der Waals surface area contributed by atoms with Crippen LogP contribution in [0.15, 0.2) is 30.7 Å². The zero-order chi connectivity index (χ0) is 14.3. The average Bonchev–Trinajstić information content (AvgIpc) is 2.93. The normalized spacial score (nSPS) is 11.1. The third-order valence-electron chi connectivity index (χ3n) is 3.32. The third-order valence-corrected chi connectivity index (χ3v) is 3.32. The zero-order valence-corrected chi connectivity index (χ0v) is 11.2. The lowest BCUT2D eigenvalue weighted by Crippen LogP contribution is -1.99. The minimum Gasteiger partial charge on any atom is -0.478 e. The van der Waals surface area contributed by atoms with Gasteiger partial charge in [0.1, 0.15) is 0 Å². The second kappa shape index (κ2) is 4.48. The number of carboxylic acid groups (broad SMARTS) is 1. The highest BCUT2D eigenvalue weighted by Crippen LogP contribution is 2.17. The van der Waals surface area contributed by atoms with Gasteiger partial charge in [0.25, 0.3) is 0 Å². The van der Waals surface area contributed by atoms with Crippen LogP contribution in [0.1, 0.15) is 21.6 Å². The summed E-state index contributed by atoms with van der Waals surface area (Å²) in [6, 6.07) is 4.97. The number of hydrogen-bond acceptors (Lipinski definition) is 3. The highest BCUT2D eigenvalue weighted by molar-refractivity contribution is 5.92. The summed E-state index contributed by atoms with van der Waals surface area (Å²) in [5.74, 6) is -0.940. The topological polar surface area (TPSA) is 72.9 Å². The number of hydrogen-bond donors (Lipinski definition) is 1. The van der Waals surface area contributed by atoms with Crippen molar-refractivity contribution in [3.05, 3.63) is 47.5 Å². The van der Waals surface area contributed by atoms with Gasteiger partial charge in [-0.1, -0.05) is 0 Å². The fraction of sp³-hybridized carbons (Fsp3) is 0.214. The number of aryl methyl sites for hydroxylation is 2. The van der Waals surface area contributed by atoms with Gasteiger partial charge in [0.15, 0.2) is 0 Å². The summed E-state index contributed by atoms with van der Waals surface area (Å²) in [6.07, 6.45) is 3.70. The standard InChI is InChI=1S/C14H14N4O2/c1-9-11(6-17(2)16-9)7-18-8-15-12-5-10(14(19)20)3-4-13(12)18/h3-6,8H,7H2,1-2H3,(H,19,20). The second-order valence-electron chi connectivity index (χ2n) is 4.79. The Hall–Kier alpha value is -2.63. The van der Waals surface area contributed by atoms with Crippen LogP contribution in [-0.4, -0.2) is 30.4 Å². The molecule has 0 unspecified atom stereocenters. The number of carbonyl (C=O) groups is 1. The summed E-state index contributed by atoms with van der Waals surface area (Å²) in [5.41, 5.74) is 3.95. The summed E-state index contributed by atoms with van der Waals surface area (Å²) < 4.78 is 3.78. The number of aromatic carboxylic acids is 1. The lowest BCUT2D eigenvalue weighted by Gasteiger charge is -2.03. The Morgan fingerprint density at radius 2 is 2.20 bits per heavy atom. The van der Waals surface area contributed by atoms with Crippen LogP contribution in [0, 0.1) is 6.92 Å². The van der Waals surface area contributed by atoms with Crippen LogP contribution in [0.4, 0.5) is 0 Å². The highest BCUT2D eigenvalue weighted by atomic mass is 16.4. The molecule has 3 aromatic rings. The van der Waals surface area contributed by atoms with Crippen molar-refractivity contribution < 1.29 is 9.90 Å². The molecule has 6 nitrogen and oxygen atoms in total. The molecule has 0 saturated carbocycles. The molecule has 0 amide bonds. The maximum Gasteiger partial charge on any atom is 0.335 e. The Bertz CT molecular complexity index is 801. The van der Waals surface area contributed by atoms with Crippen molar-refractivity contribution in [1.82, 2.24) is 19.3 Å². The maximum absolute atomic E-state index is 10.9. The molecule has 3 rings (SSSR count). The molecule has 2 aromatic heterocycles. The van der Waals surface area contributed by atoms with Gasteiger partial charge in [-0.3, -0.25) is 4.68 Å². The van der Waals surface area contributed by atoms with Crippen molar-refractivity contribution in [2.24, 2.45) is 7.05 Å². The molecule has 0 aliphatic carbocycles. The van der Waals surface area contributed by atoms with E-state index in [0.717, 1.165) is 16.8 Å². The fourth-order valence-corrected chi connectivity index (χ4v) is 2.31. The van der Waals surface area contributed by atoms with E-state index in [0.29, 0.717) is 12.1 Å². The van der Waals surface area contributed by atoms with Gasteiger partial charge in [-0.25, -0.2) is 9.78 Å². The Morgan fingerprint density at radius 1 is 1.40 bits per heavy atom. The molecule has 0 saturated heterocycles. The predicted octanol–water partition coefficient (Wildman–Crippen LogP) is 1.82. The van der Waals surface area contributed by atoms with E-state index >= 15 is 0 Å². The SMILES string of the molecule is Cc1nn(C)cc1Cn1cnc2cc(C(=O)O)ccc21. The smallest absolute Gasteiger partial charge is 0.335 e. The van der Waals surface area contributed by atoms with Crippen molar-refractivity contribution in [3.63, 3.8) is 0 Å². The van der Waals surface area contributed by atoms with Gasteiger partial charge in [-0.05, 0) is 25.1 Å². The Kier molecular flexibility index (Phi) is 2.78. The second-order valence-corrected chi connectivity index (χ2v) is 4.79. The number of rotatable bonds is 3. The van der Waals surface area contributed by atoms with Crippen LogP contribution in [0.3, 0.4) is 0 Å². The van der Waals surface area contributed by atoms with Gasteiger partial charge >= 0.3 is 5.97 Å². The molecule has 0 aliphatic heterocycles. The number of benzene rings is 1. The monoisotopic (exact) mass is 270 g/mol. The maximum atomic E-state index is 10.9. The van der Waals surface area contributed by atoms with Crippen LogP contribution in [0.25, 0.3) is 11.0 Å². The molecule has 2 heterocycles. The van der Waals surface area contributed by atoms with E-state index in [9.17, 15) is 4.79 Å². The molecule has 1 N–H and O–H groups in total. The molecule has 20 heavy (non-hydrogen) atoms. The predicted molar refractivity (Wildman–Crippen MR) is 73.7 cm³/mol. The molecular weight excluding hydrogens is 256 g/mol. The van der Waals surface area contributed by atoms with Crippen molar-refractivity contribution >= 4 is 17.0 Å². The Morgan fingerprint density at radius 3 is 2.85 bits per heavy atom. The first kappa shape index (κ1) is 12.4. The summed E-state index contributed by atoms with van der Waals surface area (Å²) in [7, 11) is 1.89. The first-order valence-corrected chi connectivity index (χ1v) is 6.22. The number of imidazole rings is 1. The summed E-state index contributed by atoms with van der Waals surface area (Å²) in [6.45, 7) is 2.64. The first-order valence-electron chi connectivity index (χ1n) is 6.22. The van der Waals surface area contributed by atoms with Crippen LogP contribution < -0.4 is 0 Å². The summed E-state index contributed by atoms with van der Waals surface area (Å²) in [4.78, 5) is 15.2. The Balaban J connectivity index is 2.00. The molecule has 6 heteroatoms. The van der Waals surface area contributed by atoms with E-state index in [1.54, 1.807) is 29.2 Å². The van der Waals surface area contributed by atoms with Gasteiger partial charge < -0.3 is 9.67 Å². The van der Waals surface area contributed by atoms with Crippen LogP contribution in [-0.2, 0) is 13.6 Å². The number of fused-ring (bicyclic) bond motifs is 1. The van der Waals surface area contributed by atoms with Crippen LogP contribution >= 0.6 is 0 Å². The van der Waals surface area contributed by atoms with Crippen LogP contribution in [0.2, 0.25) is 0 Å². The third kappa shape index (κ3) is 2.05. The largest absolute Gasteiger partial charge is 0.478 e. The summed E-state index contributed by atoms with van der Waals surface area (Å²) in [5, 5.41) is 13.3. The number of aromatic nitrogens is 4. The van der Waals surface area contributed by atoms with Gasteiger partial charge in [0.2, 0.25) is 0 Å². The van der Waals surface area contributed by atoms with Crippen LogP contribution in [0.5, 0.6) is 0 Å². The van der Waals surface area contributed by atoms with E-state index in [2.05, 4.69) is 10.1 Å². The highest BCUT2D eigenvalue weighted by Gasteiger charge is 2.10. The van der Waals surface area contributed by atoms with Crippen molar-refractivity contribution in [2.75, 3.05) is 0 Å². The van der Waals surface area contributed by atoms with Crippen molar-refractivity contribution in [3.8, 4) is 0 Å². The van der Waals surface area contributed by atoms with Gasteiger partial charge in [0, 0.05) is 18.8 Å². The molecular formula is C14H14N4O2.